The molecule has 0 fully saturated rings. The van der Waals surface area contributed by atoms with Crippen LogP contribution in [0.15, 0.2) is 52.0 Å². The first kappa shape index (κ1) is 15.8. The van der Waals surface area contributed by atoms with Crippen molar-refractivity contribution in [1.29, 1.82) is 0 Å². The van der Waals surface area contributed by atoms with E-state index in [4.69, 9.17) is 5.11 Å². The Kier molecular flexibility index (Phi) is 5.37. The maximum Gasteiger partial charge on any atom is 0.259 e. The highest BCUT2D eigenvalue weighted by Crippen LogP contribution is 2.20. The summed E-state index contributed by atoms with van der Waals surface area (Å²) in [5.41, 5.74) is 3.54. The molecular weight excluding hydrogens is 350 g/mol. The van der Waals surface area contributed by atoms with Crippen LogP contribution in [0.2, 0.25) is 0 Å². The Hall–Kier alpha value is -2.54. The molecule has 1 amide bonds. The largest absolute Gasteiger partial charge is 0.508 e. The molecule has 114 valence electrons. The van der Waals surface area contributed by atoms with Gasteiger partial charge in [-0.05, 0) is 30.3 Å². The Morgan fingerprint density at radius 3 is 2.77 bits per heavy atom. The van der Waals surface area contributed by atoms with Crippen molar-refractivity contribution in [3.05, 3.63) is 52.5 Å². The summed E-state index contributed by atoms with van der Waals surface area (Å²) in [5, 5.41) is 25.4. The number of anilines is 1. The fraction of sp³-hybridized carbons (Fsp3) is 0.0667. The van der Waals surface area contributed by atoms with E-state index in [1.807, 2.05) is 24.3 Å². The molecular formula is C15H14BrN3O3. The van der Waals surface area contributed by atoms with E-state index in [-0.39, 0.29) is 24.0 Å². The number of hydrogen-bond acceptors (Lipinski definition) is 5. The number of phenolic OH excluding ortho intramolecular Hbond substituents is 2. The molecule has 2 aromatic carbocycles. The molecule has 0 bridgehead atoms. The Morgan fingerprint density at radius 2 is 2.05 bits per heavy atom. The zero-order valence-electron chi connectivity index (χ0n) is 11.5. The molecule has 0 aliphatic heterocycles. The minimum absolute atomic E-state index is 0.0445. The molecule has 0 heterocycles. The molecule has 7 heteroatoms. The van der Waals surface area contributed by atoms with Crippen LogP contribution >= 0.6 is 15.9 Å². The molecule has 0 saturated heterocycles. The maximum absolute atomic E-state index is 11.6. The van der Waals surface area contributed by atoms with Crippen LogP contribution in [0.1, 0.15) is 5.56 Å². The number of nitrogens with one attached hydrogen (secondary N) is 2. The fourth-order valence-corrected chi connectivity index (χ4v) is 2.03. The number of aromatic hydroxyl groups is 2. The fourth-order valence-electron chi connectivity index (χ4n) is 1.64. The van der Waals surface area contributed by atoms with E-state index in [1.54, 1.807) is 0 Å². The Bertz CT molecular complexity index is 704. The molecule has 2 aromatic rings. The lowest BCUT2D eigenvalue weighted by Gasteiger charge is -2.05. The first-order valence-corrected chi connectivity index (χ1v) is 7.17. The number of benzene rings is 2. The first-order chi connectivity index (χ1) is 10.5. The summed E-state index contributed by atoms with van der Waals surface area (Å²) in [6.07, 6.45) is 1.30. The van der Waals surface area contributed by atoms with Gasteiger partial charge in [-0.15, -0.1) is 0 Å². The molecule has 0 aliphatic carbocycles. The first-order valence-electron chi connectivity index (χ1n) is 6.38. The normalized spacial score (nSPS) is 10.6. The third kappa shape index (κ3) is 4.78. The summed E-state index contributed by atoms with van der Waals surface area (Å²) in [6.45, 7) is 0.0648. The van der Waals surface area contributed by atoms with Gasteiger partial charge in [0.1, 0.15) is 11.5 Å². The summed E-state index contributed by atoms with van der Waals surface area (Å²) in [4.78, 5) is 11.6. The Balaban J connectivity index is 1.83. The lowest BCUT2D eigenvalue weighted by molar-refractivity contribution is -0.119. The van der Waals surface area contributed by atoms with Gasteiger partial charge in [-0.3, -0.25) is 4.79 Å². The van der Waals surface area contributed by atoms with E-state index < -0.39 is 0 Å². The number of carbonyl (C=O) groups excluding carboxylic acids is 1. The Morgan fingerprint density at radius 1 is 1.23 bits per heavy atom. The second-order valence-electron chi connectivity index (χ2n) is 4.40. The average Bonchev–Trinajstić information content (AvgIpc) is 2.47. The highest BCUT2D eigenvalue weighted by molar-refractivity contribution is 9.10. The highest BCUT2D eigenvalue weighted by atomic mass is 79.9. The van der Waals surface area contributed by atoms with Crippen molar-refractivity contribution >= 4 is 33.7 Å². The predicted molar refractivity (Wildman–Crippen MR) is 88.1 cm³/mol. The van der Waals surface area contributed by atoms with Crippen LogP contribution in [0.5, 0.6) is 11.5 Å². The van der Waals surface area contributed by atoms with Crippen LogP contribution in [0.3, 0.4) is 0 Å². The van der Waals surface area contributed by atoms with E-state index in [0.717, 1.165) is 10.2 Å². The number of nitrogens with zero attached hydrogens (tertiary/aromatic N) is 1. The zero-order chi connectivity index (χ0) is 15.9. The van der Waals surface area contributed by atoms with Gasteiger partial charge >= 0.3 is 0 Å². The quantitative estimate of drug-likeness (QED) is 0.484. The number of hydrazone groups is 1. The minimum Gasteiger partial charge on any atom is -0.508 e. The summed E-state index contributed by atoms with van der Waals surface area (Å²) >= 11 is 3.34. The number of hydrogen-bond donors (Lipinski definition) is 4. The molecule has 0 unspecified atom stereocenters. The van der Waals surface area contributed by atoms with Crippen molar-refractivity contribution in [1.82, 2.24) is 5.43 Å². The van der Waals surface area contributed by atoms with Gasteiger partial charge in [0.05, 0.1) is 12.8 Å². The lowest BCUT2D eigenvalue weighted by Crippen LogP contribution is -2.25. The monoisotopic (exact) mass is 363 g/mol. The molecule has 0 aliphatic rings. The van der Waals surface area contributed by atoms with Gasteiger partial charge in [0.25, 0.3) is 5.91 Å². The third-order valence-corrected chi connectivity index (χ3v) is 3.18. The topological polar surface area (TPSA) is 94.0 Å². The predicted octanol–water partition coefficient (Wildman–Crippen LogP) is 2.42. The van der Waals surface area contributed by atoms with Crippen LogP contribution in [-0.2, 0) is 4.79 Å². The van der Waals surface area contributed by atoms with E-state index >= 15 is 0 Å². The van der Waals surface area contributed by atoms with Crippen LogP contribution < -0.4 is 10.7 Å². The van der Waals surface area contributed by atoms with E-state index in [2.05, 4.69) is 31.8 Å². The molecule has 0 radical (unpaired) electrons. The van der Waals surface area contributed by atoms with Crippen molar-refractivity contribution in [2.45, 2.75) is 0 Å². The lowest BCUT2D eigenvalue weighted by atomic mass is 10.2. The van der Waals surface area contributed by atoms with Gasteiger partial charge < -0.3 is 15.5 Å². The molecule has 0 spiro atoms. The summed E-state index contributed by atoms with van der Waals surface area (Å²) in [5.74, 6) is -0.489. The van der Waals surface area contributed by atoms with Gasteiger partial charge in [0, 0.05) is 21.8 Å². The van der Waals surface area contributed by atoms with Crippen LogP contribution in [0, 0.1) is 0 Å². The van der Waals surface area contributed by atoms with Crippen molar-refractivity contribution < 1.29 is 15.0 Å². The van der Waals surface area contributed by atoms with Crippen molar-refractivity contribution in [2.24, 2.45) is 5.10 Å². The van der Waals surface area contributed by atoms with E-state index in [9.17, 15) is 9.90 Å². The number of rotatable bonds is 5. The highest BCUT2D eigenvalue weighted by Gasteiger charge is 2.01. The zero-order valence-corrected chi connectivity index (χ0v) is 13.0. The second kappa shape index (κ2) is 7.46. The van der Waals surface area contributed by atoms with Gasteiger partial charge in [-0.1, -0.05) is 22.0 Å². The van der Waals surface area contributed by atoms with Crippen molar-refractivity contribution in [3.8, 4) is 11.5 Å². The van der Waals surface area contributed by atoms with E-state index in [1.165, 1.54) is 24.4 Å². The van der Waals surface area contributed by atoms with Crippen molar-refractivity contribution in [3.63, 3.8) is 0 Å². The summed E-state index contributed by atoms with van der Waals surface area (Å²) in [6, 6.07) is 11.5. The number of amides is 1. The standard InChI is InChI=1S/C15H14BrN3O3/c16-11-2-1-3-12(6-11)17-9-15(22)19-18-8-10-4-5-13(20)7-14(10)21/h1-8,17,20-21H,9H2,(H,19,22). The molecule has 6 nitrogen and oxygen atoms in total. The van der Waals surface area contributed by atoms with E-state index in [0.29, 0.717) is 5.56 Å². The molecule has 0 saturated carbocycles. The Labute approximate surface area is 135 Å². The van der Waals surface area contributed by atoms with Crippen LogP contribution in [0.25, 0.3) is 0 Å². The average molecular weight is 364 g/mol. The molecule has 0 atom stereocenters. The second-order valence-corrected chi connectivity index (χ2v) is 5.32. The molecule has 0 aromatic heterocycles. The molecule has 22 heavy (non-hydrogen) atoms. The molecule has 2 rings (SSSR count). The maximum atomic E-state index is 11.6. The number of halogens is 1. The van der Waals surface area contributed by atoms with Crippen LogP contribution in [-0.4, -0.2) is 28.9 Å². The number of phenols is 2. The van der Waals surface area contributed by atoms with Gasteiger partial charge in [-0.2, -0.15) is 5.10 Å². The van der Waals surface area contributed by atoms with Crippen molar-refractivity contribution in [2.75, 3.05) is 11.9 Å². The smallest absolute Gasteiger partial charge is 0.259 e. The SMILES string of the molecule is O=C(CNc1cccc(Br)c1)NN=Cc1ccc(O)cc1O. The van der Waals surface area contributed by atoms with Gasteiger partial charge in [0.15, 0.2) is 0 Å². The summed E-state index contributed by atoms with van der Waals surface area (Å²) < 4.78 is 0.915. The third-order valence-electron chi connectivity index (χ3n) is 2.68. The van der Waals surface area contributed by atoms with Gasteiger partial charge in [0.2, 0.25) is 0 Å². The minimum atomic E-state index is -0.325. The van der Waals surface area contributed by atoms with Gasteiger partial charge in [-0.25, -0.2) is 5.43 Å². The number of carbonyl (C=O) groups is 1. The summed E-state index contributed by atoms with van der Waals surface area (Å²) in [7, 11) is 0. The molecule has 4 N–H and O–H groups in total. The van der Waals surface area contributed by atoms with Crippen LogP contribution in [0.4, 0.5) is 5.69 Å².